The number of ether oxygens (including phenoxy) is 1. The van der Waals surface area contributed by atoms with Crippen molar-refractivity contribution >= 4 is 39.6 Å². The minimum atomic E-state index is -0.182. The fourth-order valence-corrected chi connectivity index (χ4v) is 4.81. The van der Waals surface area contributed by atoms with Crippen molar-refractivity contribution in [2.45, 2.75) is 0 Å². The van der Waals surface area contributed by atoms with E-state index >= 15 is 0 Å². The van der Waals surface area contributed by atoms with Crippen molar-refractivity contribution < 1.29 is 9.53 Å². The number of rotatable bonds is 5. The van der Waals surface area contributed by atoms with Gasteiger partial charge in [0.2, 0.25) is 0 Å². The molecule has 2 aliphatic heterocycles. The number of nitrogens with one attached hydrogen (secondary N) is 1. The van der Waals surface area contributed by atoms with Crippen LogP contribution in [0.15, 0.2) is 54.0 Å². The van der Waals surface area contributed by atoms with Crippen molar-refractivity contribution in [2.75, 3.05) is 72.5 Å². The van der Waals surface area contributed by atoms with E-state index in [0.717, 1.165) is 74.8 Å². The fourth-order valence-electron chi connectivity index (χ4n) is 3.95. The summed E-state index contributed by atoms with van der Waals surface area (Å²) in [5, 5.41) is 5.68. The van der Waals surface area contributed by atoms with E-state index in [2.05, 4.69) is 30.0 Å². The highest BCUT2D eigenvalue weighted by Gasteiger charge is 2.21. The number of anilines is 4. The second-order valence-electron chi connectivity index (χ2n) is 7.78. The van der Waals surface area contributed by atoms with Crippen LogP contribution in [-0.2, 0) is 4.74 Å². The van der Waals surface area contributed by atoms with Gasteiger partial charge in [-0.05, 0) is 36.4 Å². The summed E-state index contributed by atoms with van der Waals surface area (Å²) in [6, 6.07) is 13.9. The molecule has 0 saturated carbocycles. The SMILES string of the molecule is O=C(Nc1ccc(N2CCOCC2)cc1)c1csc(N2CCN(c3ccccn3)CC2)n1. The lowest BCUT2D eigenvalue weighted by molar-refractivity contribution is 0.102. The van der Waals surface area contributed by atoms with Crippen LogP contribution in [0.1, 0.15) is 10.5 Å². The summed E-state index contributed by atoms with van der Waals surface area (Å²) in [4.78, 5) is 28.5. The van der Waals surface area contributed by atoms with Gasteiger partial charge in [-0.1, -0.05) is 6.07 Å². The number of thiazole rings is 1. The minimum Gasteiger partial charge on any atom is -0.378 e. The van der Waals surface area contributed by atoms with Gasteiger partial charge >= 0.3 is 0 Å². The third-order valence-electron chi connectivity index (χ3n) is 5.75. The molecule has 0 atom stereocenters. The first-order chi connectivity index (χ1) is 15.8. The molecule has 1 aromatic carbocycles. The molecule has 2 fully saturated rings. The molecule has 3 aromatic rings. The summed E-state index contributed by atoms with van der Waals surface area (Å²) in [6.45, 7) is 6.77. The maximum atomic E-state index is 12.7. The first-order valence-corrected chi connectivity index (χ1v) is 11.7. The molecule has 1 amide bonds. The summed E-state index contributed by atoms with van der Waals surface area (Å²) in [5.74, 6) is 0.824. The number of piperazine rings is 1. The Hall–Kier alpha value is -3.17. The number of carbonyl (C=O) groups excluding carboxylic acids is 1. The zero-order chi connectivity index (χ0) is 21.8. The molecule has 2 aromatic heterocycles. The van der Waals surface area contributed by atoms with Gasteiger partial charge in [0.1, 0.15) is 11.5 Å². The van der Waals surface area contributed by atoms with E-state index in [1.807, 2.05) is 54.0 Å². The van der Waals surface area contributed by atoms with Crippen LogP contribution in [0, 0.1) is 0 Å². The van der Waals surface area contributed by atoms with E-state index in [-0.39, 0.29) is 5.91 Å². The number of carbonyl (C=O) groups is 1. The smallest absolute Gasteiger partial charge is 0.275 e. The molecule has 0 bridgehead atoms. The molecular weight excluding hydrogens is 424 g/mol. The van der Waals surface area contributed by atoms with Gasteiger partial charge in [0, 0.05) is 62.2 Å². The van der Waals surface area contributed by atoms with E-state index in [0.29, 0.717) is 5.69 Å². The Balaban J connectivity index is 1.16. The molecule has 4 heterocycles. The van der Waals surface area contributed by atoms with Gasteiger partial charge in [-0.25, -0.2) is 9.97 Å². The topological polar surface area (TPSA) is 73.8 Å². The predicted octanol–water partition coefficient (Wildman–Crippen LogP) is 2.95. The molecule has 166 valence electrons. The molecular formula is C23H26N6O2S. The van der Waals surface area contributed by atoms with Crippen molar-refractivity contribution in [3.8, 4) is 0 Å². The number of morpholine rings is 1. The van der Waals surface area contributed by atoms with Crippen LogP contribution in [0.2, 0.25) is 0 Å². The Morgan fingerprint density at radius 3 is 2.38 bits per heavy atom. The van der Waals surface area contributed by atoms with E-state index in [4.69, 9.17) is 4.74 Å². The van der Waals surface area contributed by atoms with Crippen molar-refractivity contribution in [1.82, 2.24) is 9.97 Å². The fraction of sp³-hybridized carbons (Fsp3) is 0.348. The Morgan fingerprint density at radius 2 is 1.66 bits per heavy atom. The number of hydrogen-bond donors (Lipinski definition) is 1. The van der Waals surface area contributed by atoms with Gasteiger partial charge in [0.05, 0.1) is 13.2 Å². The predicted molar refractivity (Wildman–Crippen MR) is 128 cm³/mol. The lowest BCUT2D eigenvalue weighted by Crippen LogP contribution is -2.46. The lowest BCUT2D eigenvalue weighted by Gasteiger charge is -2.35. The monoisotopic (exact) mass is 450 g/mol. The number of amides is 1. The van der Waals surface area contributed by atoms with Crippen LogP contribution < -0.4 is 20.0 Å². The summed E-state index contributed by atoms with van der Waals surface area (Å²) in [6.07, 6.45) is 1.82. The van der Waals surface area contributed by atoms with Gasteiger partial charge < -0.3 is 24.8 Å². The number of aromatic nitrogens is 2. The number of benzene rings is 1. The second-order valence-corrected chi connectivity index (χ2v) is 8.61. The highest BCUT2D eigenvalue weighted by atomic mass is 32.1. The van der Waals surface area contributed by atoms with Crippen LogP contribution in [0.25, 0.3) is 0 Å². The number of hydrogen-bond acceptors (Lipinski definition) is 8. The first kappa shape index (κ1) is 20.7. The summed E-state index contributed by atoms with van der Waals surface area (Å²) < 4.78 is 5.40. The van der Waals surface area contributed by atoms with Gasteiger partial charge in [-0.15, -0.1) is 11.3 Å². The molecule has 9 heteroatoms. The van der Waals surface area contributed by atoms with Gasteiger partial charge in [0.25, 0.3) is 5.91 Å². The summed E-state index contributed by atoms with van der Waals surface area (Å²) in [5.41, 5.74) is 2.37. The summed E-state index contributed by atoms with van der Waals surface area (Å²) >= 11 is 1.51. The molecule has 32 heavy (non-hydrogen) atoms. The molecule has 1 N–H and O–H groups in total. The van der Waals surface area contributed by atoms with Crippen molar-refractivity contribution in [2.24, 2.45) is 0 Å². The zero-order valence-electron chi connectivity index (χ0n) is 17.8. The lowest BCUT2D eigenvalue weighted by atomic mass is 10.2. The molecule has 5 rings (SSSR count). The Morgan fingerprint density at radius 1 is 0.906 bits per heavy atom. The Labute approximate surface area is 191 Å². The molecule has 0 radical (unpaired) electrons. The Bertz CT molecular complexity index is 1030. The van der Waals surface area contributed by atoms with Crippen LogP contribution in [0.3, 0.4) is 0 Å². The third kappa shape index (κ3) is 4.68. The molecule has 0 unspecified atom stereocenters. The second kappa shape index (κ2) is 9.54. The maximum Gasteiger partial charge on any atom is 0.275 e. The largest absolute Gasteiger partial charge is 0.378 e. The average Bonchev–Trinajstić information content (AvgIpc) is 3.36. The van der Waals surface area contributed by atoms with Crippen LogP contribution in [0.4, 0.5) is 22.3 Å². The third-order valence-corrected chi connectivity index (χ3v) is 6.65. The quantitative estimate of drug-likeness (QED) is 0.641. The van der Waals surface area contributed by atoms with Crippen molar-refractivity contribution in [1.29, 1.82) is 0 Å². The van der Waals surface area contributed by atoms with E-state index in [1.165, 1.54) is 11.3 Å². The summed E-state index contributed by atoms with van der Waals surface area (Å²) in [7, 11) is 0. The minimum absolute atomic E-state index is 0.182. The molecule has 0 aliphatic carbocycles. The highest BCUT2D eigenvalue weighted by Crippen LogP contribution is 2.24. The normalized spacial score (nSPS) is 16.8. The van der Waals surface area contributed by atoms with Gasteiger partial charge in [-0.2, -0.15) is 0 Å². The molecule has 2 aliphatic rings. The first-order valence-electron chi connectivity index (χ1n) is 10.9. The van der Waals surface area contributed by atoms with Crippen LogP contribution in [0.5, 0.6) is 0 Å². The van der Waals surface area contributed by atoms with E-state index < -0.39 is 0 Å². The van der Waals surface area contributed by atoms with E-state index in [9.17, 15) is 4.79 Å². The number of nitrogens with zero attached hydrogens (tertiary/aromatic N) is 5. The van der Waals surface area contributed by atoms with Gasteiger partial charge in [0.15, 0.2) is 5.13 Å². The van der Waals surface area contributed by atoms with Crippen molar-refractivity contribution in [3.05, 3.63) is 59.7 Å². The number of pyridine rings is 1. The molecule has 0 spiro atoms. The van der Waals surface area contributed by atoms with Crippen molar-refractivity contribution in [3.63, 3.8) is 0 Å². The van der Waals surface area contributed by atoms with Gasteiger partial charge in [-0.3, -0.25) is 4.79 Å². The Kier molecular flexibility index (Phi) is 6.17. The molecule has 2 saturated heterocycles. The highest BCUT2D eigenvalue weighted by molar-refractivity contribution is 7.14. The maximum absolute atomic E-state index is 12.7. The molecule has 8 nitrogen and oxygen atoms in total. The van der Waals surface area contributed by atoms with Crippen LogP contribution in [-0.4, -0.2) is 68.4 Å². The zero-order valence-corrected chi connectivity index (χ0v) is 18.6. The standard InChI is InChI=1S/C23H26N6O2S/c30-22(25-18-4-6-19(7-5-18)27-13-15-31-16-14-27)20-17-32-23(26-20)29-11-9-28(10-12-29)21-3-1-2-8-24-21/h1-8,17H,9-16H2,(H,25,30). The van der Waals surface area contributed by atoms with E-state index in [1.54, 1.807) is 0 Å². The average molecular weight is 451 g/mol. The van der Waals surface area contributed by atoms with Crippen LogP contribution >= 0.6 is 11.3 Å².